The van der Waals surface area contributed by atoms with Gasteiger partial charge in [-0.3, -0.25) is 9.78 Å². The van der Waals surface area contributed by atoms with E-state index in [1.165, 1.54) is 24.5 Å². The molecular weight excluding hydrogens is 395 g/mol. The summed E-state index contributed by atoms with van der Waals surface area (Å²) in [5.41, 5.74) is -0.649. The minimum absolute atomic E-state index is 0.193. The second-order valence-corrected chi connectivity index (χ2v) is 5.85. The molecule has 10 heteroatoms. The number of halogens is 2. The average Bonchev–Trinajstić information content (AvgIpc) is 2.66. The Labute approximate surface area is 162 Å². The lowest BCUT2D eigenvalue weighted by Gasteiger charge is -2.10. The number of carbonyl (C=O) groups is 2. The van der Waals surface area contributed by atoms with Gasteiger partial charge in [0.2, 0.25) is 5.88 Å². The van der Waals surface area contributed by atoms with E-state index in [-0.39, 0.29) is 23.0 Å². The Morgan fingerprint density at radius 1 is 0.963 bits per heavy atom. The Bertz CT molecular complexity index is 992. The van der Waals surface area contributed by atoms with Crippen LogP contribution in [0.2, 0.25) is 10.0 Å². The third-order valence-corrected chi connectivity index (χ3v) is 3.82. The summed E-state index contributed by atoms with van der Waals surface area (Å²) in [6.07, 6.45) is 3.66. The number of carboxylic acid groups (broad SMARTS) is 1. The fraction of sp³-hybridized carbons (Fsp3) is 0. The smallest absolute Gasteiger partial charge is 0.276 e. The van der Waals surface area contributed by atoms with Crippen molar-refractivity contribution in [2.24, 2.45) is 0 Å². The van der Waals surface area contributed by atoms with Gasteiger partial charge in [0.15, 0.2) is 11.4 Å². The molecule has 1 N–H and O–H groups in total. The topological polar surface area (TPSA) is 117 Å². The first-order valence-electron chi connectivity index (χ1n) is 7.37. The maximum atomic E-state index is 12.2. The van der Waals surface area contributed by atoms with Crippen LogP contribution in [-0.2, 0) is 0 Å². The number of benzene rings is 1. The average molecular weight is 404 g/mol. The molecule has 3 rings (SSSR count). The van der Waals surface area contributed by atoms with E-state index < -0.39 is 17.6 Å². The standard InChI is InChI=1S/C17H10Cl2N4O4/c18-10-2-1-3-11(19)15(10)27-12-5-4-9(8-22-12)23-16(24)13-14(17(25)26)21-7-6-20-13/h1-8H,(H,23,24)(H,25,26)/p-1. The van der Waals surface area contributed by atoms with Crippen LogP contribution in [0.5, 0.6) is 11.6 Å². The largest absolute Gasteiger partial charge is 0.543 e. The van der Waals surface area contributed by atoms with Gasteiger partial charge in [-0.2, -0.15) is 0 Å². The molecule has 3 aromatic rings. The van der Waals surface area contributed by atoms with E-state index in [1.807, 2.05) is 0 Å². The second-order valence-electron chi connectivity index (χ2n) is 5.03. The number of carbonyl (C=O) groups excluding carboxylic acids is 2. The molecule has 0 unspecified atom stereocenters. The van der Waals surface area contributed by atoms with Crippen molar-refractivity contribution in [1.29, 1.82) is 0 Å². The molecule has 0 saturated heterocycles. The van der Waals surface area contributed by atoms with Crippen molar-refractivity contribution in [3.63, 3.8) is 0 Å². The maximum absolute atomic E-state index is 12.2. The minimum atomic E-state index is -1.60. The molecule has 0 spiro atoms. The van der Waals surface area contributed by atoms with Gasteiger partial charge >= 0.3 is 0 Å². The predicted molar refractivity (Wildman–Crippen MR) is 95.1 cm³/mol. The van der Waals surface area contributed by atoms with E-state index in [4.69, 9.17) is 27.9 Å². The lowest BCUT2D eigenvalue weighted by molar-refractivity contribution is -0.255. The van der Waals surface area contributed by atoms with Crippen LogP contribution in [0.25, 0.3) is 0 Å². The molecular formula is C17H9Cl2N4O4-. The Morgan fingerprint density at radius 2 is 1.63 bits per heavy atom. The summed E-state index contributed by atoms with van der Waals surface area (Å²) in [7, 11) is 0. The van der Waals surface area contributed by atoms with Gasteiger partial charge in [0.1, 0.15) is 5.69 Å². The molecule has 0 aliphatic heterocycles. The highest BCUT2D eigenvalue weighted by atomic mass is 35.5. The molecule has 0 radical (unpaired) electrons. The lowest BCUT2D eigenvalue weighted by Crippen LogP contribution is -2.28. The van der Waals surface area contributed by atoms with Gasteiger partial charge in [-0.1, -0.05) is 29.3 Å². The number of para-hydroxylation sites is 1. The fourth-order valence-corrected chi connectivity index (χ4v) is 2.52. The molecule has 2 heterocycles. The monoisotopic (exact) mass is 403 g/mol. The Kier molecular flexibility index (Phi) is 5.49. The van der Waals surface area contributed by atoms with E-state index in [1.54, 1.807) is 18.2 Å². The van der Waals surface area contributed by atoms with E-state index in [0.29, 0.717) is 10.0 Å². The molecule has 136 valence electrons. The second kappa shape index (κ2) is 7.98. The molecule has 0 aliphatic rings. The zero-order valence-electron chi connectivity index (χ0n) is 13.3. The van der Waals surface area contributed by atoms with Crippen LogP contribution in [0.15, 0.2) is 48.9 Å². The normalized spacial score (nSPS) is 10.3. The quantitative estimate of drug-likeness (QED) is 0.695. The van der Waals surface area contributed by atoms with Crippen molar-refractivity contribution < 1.29 is 19.4 Å². The number of pyridine rings is 1. The SMILES string of the molecule is O=C([O-])c1nccnc1C(=O)Nc1ccc(Oc2c(Cl)cccc2Cl)nc1. The molecule has 0 atom stereocenters. The number of carboxylic acids is 1. The first kappa shape index (κ1) is 18.6. The Balaban J connectivity index is 1.75. The van der Waals surface area contributed by atoms with Crippen LogP contribution in [-0.4, -0.2) is 26.8 Å². The van der Waals surface area contributed by atoms with E-state index >= 15 is 0 Å². The summed E-state index contributed by atoms with van der Waals surface area (Å²) < 4.78 is 5.54. The third kappa shape index (κ3) is 4.30. The number of ether oxygens (including phenoxy) is 1. The number of hydrogen-bond acceptors (Lipinski definition) is 7. The molecule has 0 saturated carbocycles. The van der Waals surface area contributed by atoms with Crippen LogP contribution in [0, 0.1) is 0 Å². The fourth-order valence-electron chi connectivity index (χ4n) is 2.04. The number of hydrogen-bond donors (Lipinski definition) is 1. The highest BCUT2D eigenvalue weighted by Crippen LogP contribution is 2.35. The van der Waals surface area contributed by atoms with Crippen molar-refractivity contribution in [3.8, 4) is 11.6 Å². The molecule has 0 fully saturated rings. The Morgan fingerprint density at radius 3 is 2.22 bits per heavy atom. The van der Waals surface area contributed by atoms with Crippen LogP contribution < -0.4 is 15.2 Å². The summed E-state index contributed by atoms with van der Waals surface area (Å²) >= 11 is 12.1. The number of aromatic carboxylic acids is 1. The number of nitrogens with one attached hydrogen (secondary N) is 1. The first-order chi connectivity index (χ1) is 13.0. The van der Waals surface area contributed by atoms with Gasteiger partial charge < -0.3 is 20.0 Å². The number of anilines is 1. The van der Waals surface area contributed by atoms with Gasteiger partial charge in [-0.25, -0.2) is 9.97 Å². The molecule has 2 aromatic heterocycles. The van der Waals surface area contributed by atoms with Crippen LogP contribution in [0.1, 0.15) is 21.0 Å². The third-order valence-electron chi connectivity index (χ3n) is 3.23. The molecule has 8 nitrogen and oxygen atoms in total. The summed E-state index contributed by atoms with van der Waals surface area (Å²) in [5, 5.41) is 14.1. The zero-order chi connectivity index (χ0) is 19.4. The van der Waals surface area contributed by atoms with Crippen molar-refractivity contribution in [1.82, 2.24) is 15.0 Å². The number of rotatable bonds is 5. The molecule has 0 aliphatic carbocycles. The van der Waals surface area contributed by atoms with Gasteiger partial charge in [0.25, 0.3) is 5.91 Å². The molecule has 27 heavy (non-hydrogen) atoms. The summed E-state index contributed by atoms with van der Waals surface area (Å²) in [6, 6.07) is 7.89. The minimum Gasteiger partial charge on any atom is -0.543 e. The predicted octanol–water partition coefficient (Wildman–Crippen LogP) is 2.59. The Hall–Kier alpha value is -3.23. The zero-order valence-corrected chi connectivity index (χ0v) is 14.9. The van der Waals surface area contributed by atoms with E-state index in [2.05, 4.69) is 20.3 Å². The van der Waals surface area contributed by atoms with E-state index in [9.17, 15) is 14.7 Å². The van der Waals surface area contributed by atoms with Crippen LogP contribution in [0.3, 0.4) is 0 Å². The molecule has 1 amide bonds. The maximum Gasteiger partial charge on any atom is 0.276 e. The van der Waals surface area contributed by atoms with Crippen molar-refractivity contribution >= 4 is 40.8 Å². The molecule has 1 aromatic carbocycles. The highest BCUT2D eigenvalue weighted by Gasteiger charge is 2.15. The van der Waals surface area contributed by atoms with Gasteiger partial charge in [0.05, 0.1) is 27.9 Å². The summed E-state index contributed by atoms with van der Waals surface area (Å²) in [5.74, 6) is -1.93. The van der Waals surface area contributed by atoms with Crippen molar-refractivity contribution in [2.45, 2.75) is 0 Å². The van der Waals surface area contributed by atoms with Gasteiger partial charge in [0, 0.05) is 18.5 Å². The van der Waals surface area contributed by atoms with E-state index in [0.717, 1.165) is 6.20 Å². The number of aromatic nitrogens is 3. The number of amides is 1. The van der Waals surface area contributed by atoms with Crippen molar-refractivity contribution in [3.05, 3.63) is 70.4 Å². The van der Waals surface area contributed by atoms with Gasteiger partial charge in [-0.05, 0) is 18.2 Å². The molecule has 0 bridgehead atoms. The first-order valence-corrected chi connectivity index (χ1v) is 8.13. The van der Waals surface area contributed by atoms with Gasteiger partial charge in [-0.15, -0.1) is 0 Å². The van der Waals surface area contributed by atoms with Crippen molar-refractivity contribution in [2.75, 3.05) is 5.32 Å². The lowest BCUT2D eigenvalue weighted by atomic mass is 10.2. The summed E-state index contributed by atoms with van der Waals surface area (Å²) in [6.45, 7) is 0. The summed E-state index contributed by atoms with van der Waals surface area (Å²) in [4.78, 5) is 34.5. The highest BCUT2D eigenvalue weighted by molar-refractivity contribution is 6.37. The van der Waals surface area contributed by atoms with Crippen LogP contribution in [0.4, 0.5) is 5.69 Å². The number of nitrogens with zero attached hydrogens (tertiary/aromatic N) is 3. The van der Waals surface area contributed by atoms with Crippen LogP contribution >= 0.6 is 23.2 Å².